The summed E-state index contributed by atoms with van der Waals surface area (Å²) in [5, 5.41) is 0.00264. The van der Waals surface area contributed by atoms with Gasteiger partial charge in [0, 0.05) is 13.1 Å². The van der Waals surface area contributed by atoms with Gasteiger partial charge >= 0.3 is 0 Å². The van der Waals surface area contributed by atoms with Gasteiger partial charge in [-0.2, -0.15) is 4.31 Å². The van der Waals surface area contributed by atoms with Crippen LogP contribution in [0.15, 0.2) is 21.6 Å². The molecule has 2 rings (SSSR count). The molecule has 0 radical (unpaired) electrons. The fraction of sp³-hybridized carbons (Fsp3) is 0.692. The second-order valence-corrected chi connectivity index (χ2v) is 7.91. The molecule has 0 atom stereocenters. The summed E-state index contributed by atoms with van der Waals surface area (Å²) in [4.78, 5) is 0. The minimum atomic E-state index is -3.52. The van der Waals surface area contributed by atoms with E-state index in [2.05, 4.69) is 13.8 Å². The van der Waals surface area contributed by atoms with Crippen LogP contribution in [0.5, 0.6) is 0 Å². The lowest BCUT2D eigenvalue weighted by molar-refractivity contribution is 0.312. The molecule has 0 bridgehead atoms. The van der Waals surface area contributed by atoms with Gasteiger partial charge in [-0.25, -0.2) is 8.42 Å². The fourth-order valence-corrected chi connectivity index (χ4v) is 3.89. The van der Waals surface area contributed by atoms with Crippen LogP contribution in [0, 0.1) is 5.41 Å². The van der Waals surface area contributed by atoms with Crippen molar-refractivity contribution in [2.45, 2.75) is 44.1 Å². The molecular weight excluding hydrogens is 286 g/mol. The molecule has 1 aromatic rings. The first-order valence-corrected chi connectivity index (χ1v) is 8.47. The van der Waals surface area contributed by atoms with Gasteiger partial charge in [-0.3, -0.25) is 0 Å². The molecular formula is C13H20ClNO3S. The predicted molar refractivity (Wildman–Crippen MR) is 74.7 cm³/mol. The summed E-state index contributed by atoms with van der Waals surface area (Å²) >= 11 is 5.64. The Morgan fingerprint density at radius 1 is 1.32 bits per heavy atom. The predicted octanol–water partition coefficient (Wildman–Crippen LogP) is 3.22. The number of sulfonamides is 1. The zero-order chi connectivity index (χ0) is 14.1. The molecule has 1 aromatic heterocycles. The Morgan fingerprint density at radius 2 is 2.05 bits per heavy atom. The summed E-state index contributed by atoms with van der Waals surface area (Å²) in [6.07, 6.45) is 2.80. The van der Waals surface area contributed by atoms with Crippen molar-refractivity contribution < 1.29 is 12.8 Å². The Morgan fingerprint density at radius 3 is 2.68 bits per heavy atom. The molecule has 108 valence electrons. The van der Waals surface area contributed by atoms with Crippen LogP contribution < -0.4 is 0 Å². The molecule has 1 aliphatic rings. The molecule has 0 spiro atoms. The Kier molecular flexibility index (Phi) is 4.28. The highest BCUT2D eigenvalue weighted by Gasteiger charge is 2.32. The number of nitrogens with zero attached hydrogens (tertiary/aromatic N) is 1. The molecule has 19 heavy (non-hydrogen) atoms. The first-order chi connectivity index (χ1) is 8.85. The summed E-state index contributed by atoms with van der Waals surface area (Å²) in [5.41, 5.74) is 0.203. The second-order valence-electron chi connectivity index (χ2n) is 5.78. The van der Waals surface area contributed by atoms with Gasteiger partial charge < -0.3 is 4.42 Å². The molecule has 0 saturated carbocycles. The molecule has 0 N–H and O–H groups in total. The lowest BCUT2D eigenvalue weighted by Gasteiger charge is -2.22. The van der Waals surface area contributed by atoms with E-state index in [-0.39, 0.29) is 16.4 Å². The average molecular weight is 306 g/mol. The Balaban J connectivity index is 2.20. The summed E-state index contributed by atoms with van der Waals surface area (Å²) in [7, 11) is -3.52. The molecule has 0 aliphatic carbocycles. The van der Waals surface area contributed by atoms with Crippen LogP contribution in [0.1, 0.15) is 38.9 Å². The van der Waals surface area contributed by atoms with Gasteiger partial charge in [-0.15, -0.1) is 11.6 Å². The maximum atomic E-state index is 12.5. The normalized spacial score (nSPS) is 21.2. The highest BCUT2D eigenvalue weighted by Crippen LogP contribution is 2.32. The van der Waals surface area contributed by atoms with Crippen LogP contribution in [0.2, 0.25) is 0 Å². The van der Waals surface area contributed by atoms with Gasteiger partial charge in [-0.05, 0) is 36.8 Å². The number of hydrogen-bond donors (Lipinski definition) is 0. The van der Waals surface area contributed by atoms with Crippen molar-refractivity contribution >= 4 is 21.6 Å². The monoisotopic (exact) mass is 305 g/mol. The van der Waals surface area contributed by atoms with E-state index in [9.17, 15) is 8.42 Å². The number of halogens is 1. The molecule has 1 saturated heterocycles. The first kappa shape index (κ1) is 14.9. The van der Waals surface area contributed by atoms with Crippen LogP contribution in [0.4, 0.5) is 0 Å². The summed E-state index contributed by atoms with van der Waals surface area (Å²) in [5.74, 6) is 0.665. The minimum absolute atomic E-state index is 0.00264. The van der Waals surface area contributed by atoms with Gasteiger partial charge in [0.2, 0.25) is 5.09 Å². The van der Waals surface area contributed by atoms with Gasteiger partial charge in [0.15, 0.2) is 0 Å². The van der Waals surface area contributed by atoms with Crippen LogP contribution in [-0.4, -0.2) is 25.8 Å². The Hall–Kier alpha value is -0.520. The highest BCUT2D eigenvalue weighted by atomic mass is 35.5. The average Bonchev–Trinajstić information content (AvgIpc) is 2.75. The molecule has 2 heterocycles. The lowest BCUT2D eigenvalue weighted by Crippen LogP contribution is -2.32. The topological polar surface area (TPSA) is 50.5 Å². The van der Waals surface area contributed by atoms with Gasteiger partial charge in [-0.1, -0.05) is 13.8 Å². The zero-order valence-electron chi connectivity index (χ0n) is 11.4. The Labute approximate surface area is 119 Å². The fourth-order valence-electron chi connectivity index (χ4n) is 2.33. The maximum Gasteiger partial charge on any atom is 0.276 e. The molecule has 0 unspecified atom stereocenters. The van der Waals surface area contributed by atoms with Crippen molar-refractivity contribution in [3.8, 4) is 0 Å². The Bertz CT molecular complexity index is 536. The van der Waals surface area contributed by atoms with E-state index < -0.39 is 10.0 Å². The van der Waals surface area contributed by atoms with E-state index in [0.29, 0.717) is 18.8 Å². The van der Waals surface area contributed by atoms with Crippen LogP contribution in [0.25, 0.3) is 0 Å². The quantitative estimate of drug-likeness (QED) is 0.806. The summed E-state index contributed by atoms with van der Waals surface area (Å²) in [6, 6.07) is 3.10. The molecule has 1 fully saturated rings. The third kappa shape index (κ3) is 3.33. The molecule has 6 heteroatoms. The lowest BCUT2D eigenvalue weighted by atomic mass is 9.85. The van der Waals surface area contributed by atoms with Crippen molar-refractivity contribution in [2.75, 3.05) is 13.1 Å². The molecule has 0 aromatic carbocycles. The molecule has 1 aliphatic heterocycles. The second kappa shape index (κ2) is 5.46. The van der Waals surface area contributed by atoms with E-state index in [0.717, 1.165) is 19.3 Å². The number of hydrogen-bond acceptors (Lipinski definition) is 3. The SMILES string of the molecule is CC1(C)CCCN(S(=O)(=O)c2ccc(CCl)o2)CC1. The first-order valence-electron chi connectivity index (χ1n) is 6.50. The van der Waals surface area contributed by atoms with E-state index in [1.54, 1.807) is 6.07 Å². The van der Waals surface area contributed by atoms with Crippen molar-refractivity contribution in [1.82, 2.24) is 4.31 Å². The van der Waals surface area contributed by atoms with Gasteiger partial charge in [0.05, 0.1) is 5.88 Å². The number of furan rings is 1. The smallest absolute Gasteiger partial charge is 0.276 e. The largest absolute Gasteiger partial charge is 0.447 e. The van der Waals surface area contributed by atoms with Gasteiger partial charge in [0.1, 0.15) is 5.76 Å². The molecule has 4 nitrogen and oxygen atoms in total. The van der Waals surface area contributed by atoms with Crippen LogP contribution >= 0.6 is 11.6 Å². The van der Waals surface area contributed by atoms with Gasteiger partial charge in [0.25, 0.3) is 10.0 Å². The standard InChI is InChI=1S/C13H20ClNO3S/c1-13(2)6-3-8-15(9-7-13)19(16,17)12-5-4-11(10-14)18-12/h4-5H,3,6-10H2,1-2H3. The van der Waals surface area contributed by atoms with Crippen molar-refractivity contribution in [2.24, 2.45) is 5.41 Å². The third-order valence-electron chi connectivity index (χ3n) is 3.66. The van der Waals surface area contributed by atoms with E-state index in [1.807, 2.05) is 0 Å². The van der Waals surface area contributed by atoms with Crippen LogP contribution in [-0.2, 0) is 15.9 Å². The maximum absolute atomic E-state index is 12.5. The minimum Gasteiger partial charge on any atom is -0.447 e. The summed E-state index contributed by atoms with van der Waals surface area (Å²) < 4.78 is 31.7. The van der Waals surface area contributed by atoms with E-state index in [4.69, 9.17) is 16.0 Å². The third-order valence-corrected chi connectivity index (χ3v) is 5.70. The highest BCUT2D eigenvalue weighted by molar-refractivity contribution is 7.89. The van der Waals surface area contributed by atoms with E-state index in [1.165, 1.54) is 10.4 Å². The van der Waals surface area contributed by atoms with Crippen molar-refractivity contribution in [3.63, 3.8) is 0 Å². The van der Waals surface area contributed by atoms with E-state index >= 15 is 0 Å². The van der Waals surface area contributed by atoms with Crippen molar-refractivity contribution in [3.05, 3.63) is 17.9 Å². The molecule has 0 amide bonds. The number of rotatable bonds is 3. The summed E-state index contributed by atoms with van der Waals surface area (Å²) in [6.45, 7) is 5.47. The van der Waals surface area contributed by atoms with Crippen LogP contribution in [0.3, 0.4) is 0 Å². The zero-order valence-corrected chi connectivity index (χ0v) is 12.9. The number of alkyl halides is 1. The van der Waals surface area contributed by atoms with Crippen molar-refractivity contribution in [1.29, 1.82) is 0 Å².